The Morgan fingerprint density at radius 2 is 2.04 bits per heavy atom. The molecule has 0 aliphatic heterocycles. The van der Waals surface area contributed by atoms with Gasteiger partial charge in [0.2, 0.25) is 0 Å². The van der Waals surface area contributed by atoms with Crippen molar-refractivity contribution in [2.75, 3.05) is 14.1 Å². The van der Waals surface area contributed by atoms with Crippen molar-refractivity contribution in [1.29, 1.82) is 0 Å². The minimum atomic E-state index is 0. The number of nitrogens with zero attached hydrogens (tertiary/aromatic N) is 5. The van der Waals surface area contributed by atoms with Crippen LogP contribution >= 0.6 is 35.6 Å². The van der Waals surface area contributed by atoms with Gasteiger partial charge in [-0.05, 0) is 19.9 Å². The summed E-state index contributed by atoms with van der Waals surface area (Å²) in [6, 6.07) is 1.97. The molecule has 0 bridgehead atoms. The van der Waals surface area contributed by atoms with Gasteiger partial charge in [-0.15, -0.1) is 24.0 Å². The standard InChI is InChI=1S/C16H25ClN6.HI/c1-11-15(12(2)23(6)20-11)8-19-16(18-3)22(5)10-14-7-13(17)9-21(14)4;/h7,9H,8,10H2,1-6H3,(H,18,19);1H. The van der Waals surface area contributed by atoms with Crippen molar-refractivity contribution >= 4 is 41.5 Å². The van der Waals surface area contributed by atoms with Crippen LogP contribution in [0.4, 0.5) is 0 Å². The summed E-state index contributed by atoms with van der Waals surface area (Å²) in [7, 11) is 7.76. The molecular formula is C16H26ClIN6. The Kier molecular flexibility index (Phi) is 7.59. The maximum absolute atomic E-state index is 6.05. The van der Waals surface area contributed by atoms with Gasteiger partial charge in [-0.25, -0.2) is 0 Å². The Hall–Kier alpha value is -1.22. The molecule has 0 unspecified atom stereocenters. The summed E-state index contributed by atoms with van der Waals surface area (Å²) in [4.78, 5) is 6.44. The lowest BCUT2D eigenvalue weighted by Gasteiger charge is -2.22. The van der Waals surface area contributed by atoms with Crippen molar-refractivity contribution in [3.8, 4) is 0 Å². The summed E-state index contributed by atoms with van der Waals surface area (Å²) in [6.45, 7) is 5.54. The number of halogens is 2. The van der Waals surface area contributed by atoms with E-state index in [0.29, 0.717) is 6.54 Å². The zero-order valence-corrected chi connectivity index (χ0v) is 18.2. The zero-order chi connectivity index (χ0) is 17.1. The second-order valence-electron chi connectivity index (χ2n) is 5.79. The molecule has 6 nitrogen and oxygen atoms in total. The van der Waals surface area contributed by atoms with Crippen LogP contribution in [0.1, 0.15) is 22.6 Å². The molecule has 0 aliphatic rings. The molecule has 0 aromatic carbocycles. The highest BCUT2D eigenvalue weighted by molar-refractivity contribution is 14.0. The van der Waals surface area contributed by atoms with Crippen LogP contribution in [0.2, 0.25) is 5.02 Å². The Balaban J connectivity index is 0.00000288. The molecule has 0 aliphatic carbocycles. The number of rotatable bonds is 4. The fraction of sp³-hybridized carbons (Fsp3) is 0.500. The van der Waals surface area contributed by atoms with Crippen LogP contribution in [0, 0.1) is 13.8 Å². The molecular weight excluding hydrogens is 439 g/mol. The van der Waals surface area contributed by atoms with E-state index >= 15 is 0 Å². The maximum atomic E-state index is 6.05. The number of hydrogen-bond acceptors (Lipinski definition) is 2. The SMILES string of the molecule is CN=C(NCc1c(C)nn(C)c1C)N(C)Cc1cc(Cl)cn1C.I. The lowest BCUT2D eigenvalue weighted by molar-refractivity contribution is 0.461. The number of guanidine groups is 1. The average Bonchev–Trinajstić information content (AvgIpc) is 2.91. The third kappa shape index (κ3) is 4.66. The van der Waals surface area contributed by atoms with Gasteiger partial charge >= 0.3 is 0 Å². The van der Waals surface area contributed by atoms with E-state index in [1.54, 1.807) is 7.05 Å². The van der Waals surface area contributed by atoms with Gasteiger partial charge in [-0.3, -0.25) is 9.67 Å². The van der Waals surface area contributed by atoms with Crippen LogP contribution in [-0.2, 0) is 27.2 Å². The minimum absolute atomic E-state index is 0. The molecule has 24 heavy (non-hydrogen) atoms. The van der Waals surface area contributed by atoms with Crippen LogP contribution in [0.3, 0.4) is 0 Å². The second-order valence-corrected chi connectivity index (χ2v) is 6.23. The van der Waals surface area contributed by atoms with Gasteiger partial charge in [-0.2, -0.15) is 5.10 Å². The second kappa shape index (κ2) is 8.75. The van der Waals surface area contributed by atoms with Crippen LogP contribution in [0.25, 0.3) is 0 Å². The molecule has 1 N–H and O–H groups in total. The molecule has 2 heterocycles. The predicted molar refractivity (Wildman–Crippen MR) is 110 cm³/mol. The van der Waals surface area contributed by atoms with E-state index in [2.05, 4.69) is 27.2 Å². The van der Waals surface area contributed by atoms with E-state index in [0.717, 1.165) is 28.9 Å². The highest BCUT2D eigenvalue weighted by Gasteiger charge is 2.13. The summed E-state index contributed by atoms with van der Waals surface area (Å²) >= 11 is 6.05. The number of aryl methyl sites for hydroxylation is 3. The van der Waals surface area contributed by atoms with Crippen molar-refractivity contribution in [3.63, 3.8) is 0 Å². The van der Waals surface area contributed by atoms with Crippen LogP contribution in [0.5, 0.6) is 0 Å². The van der Waals surface area contributed by atoms with Crippen molar-refractivity contribution < 1.29 is 0 Å². The number of nitrogens with one attached hydrogen (secondary N) is 1. The Morgan fingerprint density at radius 1 is 1.38 bits per heavy atom. The predicted octanol–water partition coefficient (Wildman–Crippen LogP) is 2.85. The molecule has 0 saturated heterocycles. The summed E-state index contributed by atoms with van der Waals surface area (Å²) in [6.07, 6.45) is 1.91. The topological polar surface area (TPSA) is 50.4 Å². The molecule has 0 radical (unpaired) electrons. The van der Waals surface area contributed by atoms with Gasteiger partial charge in [-0.1, -0.05) is 11.6 Å². The molecule has 8 heteroatoms. The zero-order valence-electron chi connectivity index (χ0n) is 15.1. The van der Waals surface area contributed by atoms with E-state index in [1.165, 1.54) is 11.3 Å². The Labute approximate surface area is 165 Å². The third-order valence-electron chi connectivity index (χ3n) is 4.13. The van der Waals surface area contributed by atoms with Crippen LogP contribution in [-0.4, -0.2) is 39.3 Å². The molecule has 0 saturated carbocycles. The Morgan fingerprint density at radius 3 is 2.50 bits per heavy atom. The Bertz CT molecular complexity index is 718. The van der Waals surface area contributed by atoms with Crippen molar-refractivity contribution in [1.82, 2.24) is 24.6 Å². The highest BCUT2D eigenvalue weighted by Crippen LogP contribution is 2.15. The van der Waals surface area contributed by atoms with Crippen LogP contribution < -0.4 is 5.32 Å². The van der Waals surface area contributed by atoms with E-state index in [9.17, 15) is 0 Å². The molecule has 0 fully saturated rings. The largest absolute Gasteiger partial charge is 0.352 e. The van der Waals surface area contributed by atoms with Gasteiger partial charge in [0.1, 0.15) is 0 Å². The molecule has 0 spiro atoms. The smallest absolute Gasteiger partial charge is 0.194 e. The van der Waals surface area contributed by atoms with E-state index in [4.69, 9.17) is 11.6 Å². The summed E-state index contributed by atoms with van der Waals surface area (Å²) in [5.74, 6) is 0.838. The normalized spacial score (nSPS) is 11.4. The minimum Gasteiger partial charge on any atom is -0.352 e. The monoisotopic (exact) mass is 464 g/mol. The molecule has 134 valence electrons. The summed E-state index contributed by atoms with van der Waals surface area (Å²) in [5.41, 5.74) is 4.56. The van der Waals surface area contributed by atoms with E-state index in [1.807, 2.05) is 49.6 Å². The first-order valence-corrected chi connectivity index (χ1v) is 7.92. The molecule has 2 rings (SSSR count). The van der Waals surface area contributed by atoms with E-state index in [-0.39, 0.29) is 24.0 Å². The van der Waals surface area contributed by atoms with Crippen LogP contribution in [0.15, 0.2) is 17.3 Å². The lowest BCUT2D eigenvalue weighted by atomic mass is 10.2. The average molecular weight is 465 g/mol. The molecule has 0 atom stereocenters. The summed E-state index contributed by atoms with van der Waals surface area (Å²) in [5, 5.41) is 8.60. The van der Waals surface area contributed by atoms with Gasteiger partial charge in [0.15, 0.2) is 5.96 Å². The fourth-order valence-corrected chi connectivity index (χ4v) is 2.94. The quantitative estimate of drug-likeness (QED) is 0.430. The fourth-order valence-electron chi connectivity index (χ4n) is 2.67. The summed E-state index contributed by atoms with van der Waals surface area (Å²) < 4.78 is 3.94. The maximum Gasteiger partial charge on any atom is 0.194 e. The van der Waals surface area contributed by atoms with Gasteiger partial charge in [0, 0.05) is 57.9 Å². The lowest BCUT2D eigenvalue weighted by Crippen LogP contribution is -2.38. The van der Waals surface area contributed by atoms with Crippen molar-refractivity contribution in [2.24, 2.45) is 19.1 Å². The number of aromatic nitrogens is 3. The molecule has 2 aromatic heterocycles. The van der Waals surface area contributed by atoms with Crippen molar-refractivity contribution in [3.05, 3.63) is 39.9 Å². The van der Waals surface area contributed by atoms with Gasteiger partial charge in [0.25, 0.3) is 0 Å². The molecule has 2 aromatic rings. The number of aliphatic imine (C=N–C) groups is 1. The van der Waals surface area contributed by atoms with E-state index < -0.39 is 0 Å². The van der Waals surface area contributed by atoms with Gasteiger partial charge < -0.3 is 14.8 Å². The molecule has 0 amide bonds. The van der Waals surface area contributed by atoms with Gasteiger partial charge in [0.05, 0.1) is 17.3 Å². The third-order valence-corrected chi connectivity index (χ3v) is 4.34. The number of hydrogen-bond donors (Lipinski definition) is 1. The first kappa shape index (κ1) is 20.8. The first-order chi connectivity index (χ1) is 10.8. The van der Waals surface area contributed by atoms with Crippen molar-refractivity contribution in [2.45, 2.75) is 26.9 Å². The highest BCUT2D eigenvalue weighted by atomic mass is 127. The first-order valence-electron chi connectivity index (χ1n) is 7.55.